The summed E-state index contributed by atoms with van der Waals surface area (Å²) in [6.45, 7) is 4.33. The Morgan fingerprint density at radius 2 is 1.04 bits per heavy atom. The number of hydrogen-bond donors (Lipinski definition) is 2. The smallest absolute Gasteiger partial charge is 0.137 e. The Hall–Kier alpha value is -1.92. The van der Waals surface area contributed by atoms with E-state index in [0.717, 1.165) is 21.2 Å². The van der Waals surface area contributed by atoms with Crippen LogP contribution in [0.2, 0.25) is 0 Å². The Balaban J connectivity index is 1.53. The van der Waals surface area contributed by atoms with Crippen molar-refractivity contribution in [1.29, 1.82) is 0 Å². The van der Waals surface area contributed by atoms with Crippen molar-refractivity contribution in [2.75, 3.05) is 0 Å². The lowest BCUT2D eigenvalue weighted by molar-refractivity contribution is 0.366. The van der Waals surface area contributed by atoms with Crippen molar-refractivity contribution in [1.82, 2.24) is 10.9 Å². The number of nitrogens with one attached hydrogen (secondary N) is 2. The SMILES string of the molecule is CC1(C2(C)NN=C(c3ccccc3)S2)NN=C(c2ccccc2)S1. The molecule has 2 N–H and O–H groups in total. The molecule has 0 radical (unpaired) electrons. The average molecular weight is 355 g/mol. The maximum atomic E-state index is 4.57. The summed E-state index contributed by atoms with van der Waals surface area (Å²) in [5.74, 6) is 0. The van der Waals surface area contributed by atoms with E-state index in [2.05, 4.69) is 59.2 Å². The normalized spacial score (nSPS) is 28.8. The zero-order valence-electron chi connectivity index (χ0n) is 13.5. The molecule has 2 aromatic carbocycles. The van der Waals surface area contributed by atoms with Gasteiger partial charge < -0.3 is 0 Å². The van der Waals surface area contributed by atoms with Crippen LogP contribution in [0.3, 0.4) is 0 Å². The maximum Gasteiger partial charge on any atom is 0.137 e. The van der Waals surface area contributed by atoms with Gasteiger partial charge in [0.2, 0.25) is 0 Å². The second kappa shape index (κ2) is 5.86. The van der Waals surface area contributed by atoms with E-state index in [0.29, 0.717) is 0 Å². The van der Waals surface area contributed by atoms with Crippen LogP contribution < -0.4 is 10.9 Å². The third-order valence-electron chi connectivity index (χ3n) is 4.30. The van der Waals surface area contributed by atoms with Crippen LogP contribution in [0.4, 0.5) is 0 Å². The molecule has 122 valence electrons. The largest absolute Gasteiger partial charge is 0.289 e. The van der Waals surface area contributed by atoms with Gasteiger partial charge in [0.05, 0.1) is 0 Å². The summed E-state index contributed by atoms with van der Waals surface area (Å²) in [4.78, 5) is -0.605. The number of thioether (sulfide) groups is 2. The standard InChI is InChI=1S/C18H18N4S2/c1-17(21-19-15(23-17)13-9-5-3-6-10-13)18(2)22-20-16(24-18)14-11-7-4-8-12-14/h3-12,21-22H,1-2H3. The lowest BCUT2D eigenvalue weighted by Crippen LogP contribution is -2.57. The topological polar surface area (TPSA) is 48.8 Å². The van der Waals surface area contributed by atoms with Gasteiger partial charge >= 0.3 is 0 Å². The fourth-order valence-electron chi connectivity index (χ4n) is 2.61. The van der Waals surface area contributed by atoms with Crippen LogP contribution in [0.1, 0.15) is 25.0 Å². The Labute approximate surface area is 150 Å². The molecule has 6 heteroatoms. The quantitative estimate of drug-likeness (QED) is 0.880. The average Bonchev–Trinajstić information content (AvgIpc) is 3.23. The highest BCUT2D eigenvalue weighted by Crippen LogP contribution is 2.48. The lowest BCUT2D eigenvalue weighted by atomic mass is 10.2. The minimum atomic E-state index is -0.303. The molecule has 0 aromatic heterocycles. The van der Waals surface area contributed by atoms with Crippen molar-refractivity contribution < 1.29 is 0 Å². The summed E-state index contributed by atoms with van der Waals surface area (Å²) in [5, 5.41) is 11.2. The highest BCUT2D eigenvalue weighted by molar-refractivity contribution is 8.19. The molecule has 4 rings (SSSR count). The first kappa shape index (κ1) is 15.6. The fourth-order valence-corrected chi connectivity index (χ4v) is 4.99. The van der Waals surface area contributed by atoms with Gasteiger partial charge in [-0.15, -0.1) is 0 Å². The summed E-state index contributed by atoms with van der Waals surface area (Å²) < 4.78 is 0. The predicted molar refractivity (Wildman–Crippen MR) is 104 cm³/mol. The van der Waals surface area contributed by atoms with Crippen LogP contribution >= 0.6 is 23.5 Å². The van der Waals surface area contributed by atoms with E-state index in [9.17, 15) is 0 Å². The maximum absolute atomic E-state index is 4.57. The van der Waals surface area contributed by atoms with E-state index in [1.54, 1.807) is 23.5 Å². The zero-order valence-corrected chi connectivity index (χ0v) is 15.1. The first-order valence-corrected chi connectivity index (χ1v) is 9.42. The number of benzene rings is 2. The van der Waals surface area contributed by atoms with Crippen LogP contribution in [0.15, 0.2) is 70.9 Å². The van der Waals surface area contributed by atoms with E-state index in [4.69, 9.17) is 0 Å². The van der Waals surface area contributed by atoms with Gasteiger partial charge in [0, 0.05) is 11.1 Å². The molecule has 0 fully saturated rings. The van der Waals surface area contributed by atoms with Gasteiger partial charge in [-0.1, -0.05) is 84.2 Å². The number of rotatable bonds is 3. The minimum absolute atomic E-state index is 0.303. The molecule has 0 bridgehead atoms. The van der Waals surface area contributed by atoms with Crippen molar-refractivity contribution in [3.63, 3.8) is 0 Å². The highest BCUT2D eigenvalue weighted by atomic mass is 32.2. The van der Waals surface area contributed by atoms with E-state index in [-0.39, 0.29) is 9.74 Å². The lowest BCUT2D eigenvalue weighted by Gasteiger charge is -2.38. The van der Waals surface area contributed by atoms with Crippen molar-refractivity contribution in [3.05, 3.63) is 71.8 Å². The Morgan fingerprint density at radius 1 is 0.667 bits per heavy atom. The second-order valence-corrected chi connectivity index (χ2v) is 8.87. The summed E-state index contributed by atoms with van der Waals surface area (Å²) in [6.07, 6.45) is 0. The molecule has 2 unspecified atom stereocenters. The first-order valence-electron chi connectivity index (χ1n) is 7.78. The summed E-state index contributed by atoms with van der Waals surface area (Å²) in [7, 11) is 0. The van der Waals surface area contributed by atoms with Gasteiger partial charge in [-0.3, -0.25) is 10.9 Å². The van der Waals surface area contributed by atoms with E-state index in [1.807, 2.05) is 36.4 Å². The van der Waals surface area contributed by atoms with Gasteiger partial charge in [-0.05, 0) is 13.8 Å². The van der Waals surface area contributed by atoms with Crippen molar-refractivity contribution in [3.8, 4) is 0 Å². The first-order chi connectivity index (χ1) is 11.6. The molecule has 2 atom stereocenters. The number of hydrazone groups is 2. The van der Waals surface area contributed by atoms with Crippen LogP contribution in [0.25, 0.3) is 0 Å². The molecule has 2 aliphatic heterocycles. The van der Waals surface area contributed by atoms with Gasteiger partial charge in [0.25, 0.3) is 0 Å². The van der Waals surface area contributed by atoms with Gasteiger partial charge in [-0.25, -0.2) is 0 Å². The molecular formula is C18H18N4S2. The van der Waals surface area contributed by atoms with Crippen molar-refractivity contribution >= 4 is 33.6 Å². The van der Waals surface area contributed by atoms with Crippen LogP contribution in [-0.2, 0) is 0 Å². The monoisotopic (exact) mass is 354 g/mol. The summed E-state index contributed by atoms with van der Waals surface area (Å²) in [5.41, 5.74) is 8.93. The third-order valence-corrected chi connectivity index (χ3v) is 7.28. The Kier molecular flexibility index (Phi) is 3.81. The van der Waals surface area contributed by atoms with Crippen LogP contribution in [-0.4, -0.2) is 19.8 Å². The third kappa shape index (κ3) is 2.59. The van der Waals surface area contributed by atoms with Gasteiger partial charge in [0.1, 0.15) is 19.8 Å². The van der Waals surface area contributed by atoms with Gasteiger partial charge in [-0.2, -0.15) is 10.2 Å². The van der Waals surface area contributed by atoms with Crippen LogP contribution in [0, 0.1) is 0 Å². The fraction of sp³-hybridized carbons (Fsp3) is 0.222. The summed E-state index contributed by atoms with van der Waals surface area (Å²) >= 11 is 3.48. The molecule has 2 aromatic rings. The van der Waals surface area contributed by atoms with E-state index >= 15 is 0 Å². The van der Waals surface area contributed by atoms with E-state index < -0.39 is 0 Å². The van der Waals surface area contributed by atoms with Crippen LogP contribution in [0.5, 0.6) is 0 Å². The van der Waals surface area contributed by atoms with Crippen molar-refractivity contribution in [2.45, 2.75) is 23.6 Å². The molecule has 0 amide bonds. The molecule has 2 heterocycles. The summed E-state index contributed by atoms with van der Waals surface area (Å²) in [6, 6.07) is 20.5. The Bertz CT molecular complexity index is 737. The van der Waals surface area contributed by atoms with E-state index in [1.165, 1.54) is 0 Å². The Morgan fingerprint density at radius 3 is 1.42 bits per heavy atom. The highest BCUT2D eigenvalue weighted by Gasteiger charge is 2.53. The predicted octanol–water partition coefficient (Wildman–Crippen LogP) is 3.82. The number of hydrogen-bond acceptors (Lipinski definition) is 6. The molecule has 0 saturated heterocycles. The van der Waals surface area contributed by atoms with Crippen molar-refractivity contribution in [2.24, 2.45) is 10.2 Å². The molecule has 0 saturated carbocycles. The molecular weight excluding hydrogens is 336 g/mol. The second-order valence-electron chi connectivity index (χ2n) is 6.06. The zero-order chi connectivity index (χ0) is 16.6. The molecule has 4 nitrogen and oxygen atoms in total. The molecule has 24 heavy (non-hydrogen) atoms. The van der Waals surface area contributed by atoms with Gasteiger partial charge in [0.15, 0.2) is 0 Å². The molecule has 2 aliphatic rings. The minimum Gasteiger partial charge on any atom is -0.289 e. The molecule has 0 aliphatic carbocycles. The molecule has 0 spiro atoms. The number of nitrogens with zero attached hydrogens (tertiary/aromatic N) is 2.